The van der Waals surface area contributed by atoms with Gasteiger partial charge < -0.3 is 9.84 Å². The van der Waals surface area contributed by atoms with E-state index in [1.54, 1.807) is 12.1 Å². The third-order valence-corrected chi connectivity index (χ3v) is 5.27. The Morgan fingerprint density at radius 1 is 0.767 bits per heavy atom. The fraction of sp³-hybridized carbons (Fsp3) is 0.615. The predicted molar refractivity (Wildman–Crippen MR) is 123 cm³/mol. The van der Waals surface area contributed by atoms with Crippen molar-refractivity contribution in [3.8, 4) is 0 Å². The molecule has 0 aliphatic heterocycles. The van der Waals surface area contributed by atoms with Gasteiger partial charge in [0.1, 0.15) is 0 Å². The molecule has 30 heavy (non-hydrogen) atoms. The zero-order chi connectivity index (χ0) is 21.9. The van der Waals surface area contributed by atoms with Crippen molar-refractivity contribution in [1.82, 2.24) is 0 Å². The molecule has 1 aromatic carbocycles. The highest BCUT2D eigenvalue weighted by atomic mass is 16.5. The Balaban J connectivity index is 1.95. The van der Waals surface area contributed by atoms with Crippen molar-refractivity contribution in [3.05, 3.63) is 47.5 Å². The highest BCUT2D eigenvalue weighted by molar-refractivity contribution is 6.02. The monoisotopic (exact) mass is 416 g/mol. The summed E-state index contributed by atoms with van der Waals surface area (Å²) in [5.41, 5.74) is 0.0961. The minimum atomic E-state index is -1.12. The van der Waals surface area contributed by atoms with Crippen LogP contribution in [0.25, 0.3) is 0 Å². The molecular formula is C26H40O4. The van der Waals surface area contributed by atoms with Gasteiger partial charge in [0.15, 0.2) is 0 Å². The Kier molecular flexibility index (Phi) is 15.3. The Morgan fingerprint density at radius 2 is 1.27 bits per heavy atom. The molecule has 0 saturated heterocycles. The van der Waals surface area contributed by atoms with Crippen LogP contribution < -0.4 is 0 Å². The number of hydrogen-bond acceptors (Lipinski definition) is 3. The highest BCUT2D eigenvalue weighted by Gasteiger charge is 2.16. The van der Waals surface area contributed by atoms with Crippen LogP contribution in [0.3, 0.4) is 0 Å². The minimum absolute atomic E-state index is 0.0163. The van der Waals surface area contributed by atoms with Crippen molar-refractivity contribution in [1.29, 1.82) is 0 Å². The summed E-state index contributed by atoms with van der Waals surface area (Å²) in [7, 11) is 0. The molecule has 0 radical (unpaired) electrons. The van der Waals surface area contributed by atoms with Gasteiger partial charge in [-0.3, -0.25) is 0 Å². The molecule has 0 atom stereocenters. The average Bonchev–Trinajstić information content (AvgIpc) is 2.75. The number of benzene rings is 1. The lowest BCUT2D eigenvalue weighted by atomic mass is 10.1. The van der Waals surface area contributed by atoms with E-state index in [-0.39, 0.29) is 11.1 Å². The second kappa shape index (κ2) is 17.7. The van der Waals surface area contributed by atoms with Gasteiger partial charge in [-0.25, -0.2) is 9.59 Å². The summed E-state index contributed by atoms with van der Waals surface area (Å²) >= 11 is 0. The first-order valence-corrected chi connectivity index (χ1v) is 11.8. The highest BCUT2D eigenvalue weighted by Crippen LogP contribution is 2.12. The van der Waals surface area contributed by atoms with E-state index in [1.807, 2.05) is 0 Å². The van der Waals surface area contributed by atoms with Crippen molar-refractivity contribution in [3.63, 3.8) is 0 Å². The molecule has 0 fully saturated rings. The van der Waals surface area contributed by atoms with Gasteiger partial charge in [-0.1, -0.05) is 89.0 Å². The summed E-state index contributed by atoms with van der Waals surface area (Å²) < 4.78 is 5.21. The molecule has 0 aliphatic carbocycles. The first-order valence-electron chi connectivity index (χ1n) is 11.8. The first kappa shape index (κ1) is 25.9. The van der Waals surface area contributed by atoms with E-state index in [0.29, 0.717) is 6.61 Å². The predicted octanol–water partition coefficient (Wildman–Crippen LogP) is 7.58. The molecule has 0 bridgehead atoms. The first-order chi connectivity index (χ1) is 14.7. The fourth-order valence-electron chi connectivity index (χ4n) is 3.44. The molecule has 0 saturated carbocycles. The number of carbonyl (C=O) groups excluding carboxylic acids is 1. The van der Waals surface area contributed by atoms with Crippen LogP contribution in [0.2, 0.25) is 0 Å². The molecule has 0 unspecified atom stereocenters. The van der Waals surface area contributed by atoms with E-state index < -0.39 is 11.9 Å². The van der Waals surface area contributed by atoms with Gasteiger partial charge in [-0.2, -0.15) is 0 Å². The maximum Gasteiger partial charge on any atom is 0.339 e. The third-order valence-electron chi connectivity index (χ3n) is 5.27. The average molecular weight is 417 g/mol. The largest absolute Gasteiger partial charge is 0.478 e. The van der Waals surface area contributed by atoms with Gasteiger partial charge >= 0.3 is 11.9 Å². The van der Waals surface area contributed by atoms with E-state index in [1.165, 1.54) is 76.3 Å². The summed E-state index contributed by atoms with van der Waals surface area (Å²) in [6.07, 6.45) is 22.0. The zero-order valence-corrected chi connectivity index (χ0v) is 18.7. The van der Waals surface area contributed by atoms with Crippen molar-refractivity contribution < 1.29 is 19.4 Å². The van der Waals surface area contributed by atoms with Crippen LogP contribution in [0.15, 0.2) is 36.4 Å². The Morgan fingerprint density at radius 3 is 1.83 bits per heavy atom. The van der Waals surface area contributed by atoms with Crippen LogP contribution in [0.1, 0.15) is 118 Å². The van der Waals surface area contributed by atoms with Crippen LogP contribution in [0.5, 0.6) is 0 Å². The fourth-order valence-corrected chi connectivity index (χ4v) is 3.44. The molecule has 168 valence electrons. The number of aromatic carboxylic acids is 1. The molecule has 0 aliphatic rings. The third kappa shape index (κ3) is 12.5. The summed E-state index contributed by atoms with van der Waals surface area (Å²) in [6, 6.07) is 6.14. The second-order valence-corrected chi connectivity index (χ2v) is 7.92. The summed E-state index contributed by atoms with van der Waals surface area (Å²) in [6.45, 7) is 2.58. The molecule has 0 heterocycles. The van der Waals surface area contributed by atoms with Crippen LogP contribution in [-0.2, 0) is 4.74 Å². The number of carboxylic acids is 1. The topological polar surface area (TPSA) is 63.6 Å². The van der Waals surface area contributed by atoms with Gasteiger partial charge in [-0.05, 0) is 44.2 Å². The minimum Gasteiger partial charge on any atom is -0.478 e. The number of allylic oxidation sites excluding steroid dienone is 2. The molecule has 1 rings (SSSR count). The van der Waals surface area contributed by atoms with Gasteiger partial charge in [0.05, 0.1) is 17.7 Å². The van der Waals surface area contributed by atoms with Gasteiger partial charge in [0.2, 0.25) is 0 Å². The standard InChI is InChI=1S/C26H40O4/c1-2-3-4-5-6-7-8-9-10-11-12-13-14-15-16-19-22-30-26(29)24-21-18-17-20-23(24)25(27)28/h13-14,17-18,20-21H,2-12,15-16,19,22H2,1H3,(H,27,28)/b14-13+. The molecule has 0 spiro atoms. The maximum atomic E-state index is 12.0. The lowest BCUT2D eigenvalue weighted by Crippen LogP contribution is -2.12. The van der Waals surface area contributed by atoms with E-state index in [9.17, 15) is 9.59 Å². The van der Waals surface area contributed by atoms with Crippen molar-refractivity contribution in [2.75, 3.05) is 6.61 Å². The number of unbranched alkanes of at least 4 members (excludes halogenated alkanes) is 12. The Labute approximate surface area is 182 Å². The van der Waals surface area contributed by atoms with Gasteiger partial charge in [-0.15, -0.1) is 0 Å². The van der Waals surface area contributed by atoms with Crippen LogP contribution >= 0.6 is 0 Å². The summed E-state index contributed by atoms with van der Waals surface area (Å²) in [5.74, 6) is -1.68. The SMILES string of the molecule is CCCCCCCCCCCC/C=C/CCCCOC(=O)c1ccccc1C(=O)O. The van der Waals surface area contributed by atoms with E-state index in [2.05, 4.69) is 19.1 Å². The molecule has 4 nitrogen and oxygen atoms in total. The number of esters is 1. The van der Waals surface area contributed by atoms with Gasteiger partial charge in [0.25, 0.3) is 0 Å². The number of carbonyl (C=O) groups is 2. The number of hydrogen-bond donors (Lipinski definition) is 1. The normalized spacial score (nSPS) is 11.1. The number of ether oxygens (including phenoxy) is 1. The summed E-state index contributed by atoms with van der Waals surface area (Å²) in [5, 5.41) is 9.12. The maximum absolute atomic E-state index is 12.0. The van der Waals surface area contributed by atoms with Crippen LogP contribution in [0, 0.1) is 0 Å². The molecule has 1 N–H and O–H groups in total. The lowest BCUT2D eigenvalue weighted by molar-refractivity contribution is 0.0488. The smallest absolute Gasteiger partial charge is 0.339 e. The molecule has 4 heteroatoms. The van der Waals surface area contributed by atoms with Crippen molar-refractivity contribution in [2.45, 2.75) is 96.8 Å². The van der Waals surface area contributed by atoms with Gasteiger partial charge in [0, 0.05) is 0 Å². The number of rotatable bonds is 18. The summed E-state index contributed by atoms with van der Waals surface area (Å²) in [4.78, 5) is 23.2. The van der Waals surface area contributed by atoms with E-state index in [0.717, 1.165) is 25.7 Å². The molecule has 1 aromatic rings. The van der Waals surface area contributed by atoms with Crippen molar-refractivity contribution >= 4 is 11.9 Å². The molecular weight excluding hydrogens is 376 g/mol. The molecule has 0 amide bonds. The lowest BCUT2D eigenvalue weighted by Gasteiger charge is -2.06. The Bertz CT molecular complexity index is 621. The second-order valence-electron chi connectivity index (χ2n) is 7.92. The number of carboxylic acid groups (broad SMARTS) is 1. The van der Waals surface area contributed by atoms with E-state index >= 15 is 0 Å². The zero-order valence-electron chi connectivity index (χ0n) is 18.7. The molecule has 0 aromatic heterocycles. The van der Waals surface area contributed by atoms with Crippen LogP contribution in [0.4, 0.5) is 0 Å². The van der Waals surface area contributed by atoms with Crippen LogP contribution in [-0.4, -0.2) is 23.7 Å². The Hall–Kier alpha value is -2.10. The van der Waals surface area contributed by atoms with Crippen molar-refractivity contribution in [2.24, 2.45) is 0 Å². The quantitative estimate of drug-likeness (QED) is 0.152. The van der Waals surface area contributed by atoms with E-state index in [4.69, 9.17) is 9.84 Å².